The summed E-state index contributed by atoms with van der Waals surface area (Å²) < 4.78 is 34.3. The first-order valence-corrected chi connectivity index (χ1v) is 10.4. The molecule has 0 radical (unpaired) electrons. The number of hydrogen-bond donors (Lipinski definition) is 2. The topological polar surface area (TPSA) is 76.1 Å². The van der Waals surface area contributed by atoms with Crippen LogP contribution in [0.2, 0.25) is 0 Å². The van der Waals surface area contributed by atoms with Crippen LogP contribution < -0.4 is 15.6 Å². The maximum atomic E-state index is 14.2. The number of nitrogens with zero attached hydrogens (tertiary/aromatic N) is 1. The number of ether oxygens (including phenoxy) is 1. The molecule has 1 amide bonds. The van der Waals surface area contributed by atoms with Crippen molar-refractivity contribution in [2.75, 3.05) is 7.11 Å². The second-order valence-electron chi connectivity index (χ2n) is 7.36. The summed E-state index contributed by atoms with van der Waals surface area (Å²) in [5, 5.41) is 3.03. The molecule has 0 aliphatic rings. The smallest absolute Gasteiger partial charge is 0.266 e. The zero-order valence-corrected chi connectivity index (χ0v) is 18.5. The maximum Gasteiger partial charge on any atom is 0.266 e. The molecule has 0 saturated heterocycles. The lowest BCUT2D eigenvalue weighted by Crippen LogP contribution is -2.27. The van der Waals surface area contributed by atoms with Gasteiger partial charge in [0.05, 0.1) is 29.7 Å². The van der Waals surface area contributed by atoms with Gasteiger partial charge in [-0.05, 0) is 67.7 Å². The van der Waals surface area contributed by atoms with Crippen LogP contribution in [0.3, 0.4) is 0 Å². The number of amides is 1. The van der Waals surface area contributed by atoms with Crippen LogP contribution in [0.1, 0.15) is 28.9 Å². The second kappa shape index (κ2) is 8.95. The number of halogens is 2. The van der Waals surface area contributed by atoms with Crippen molar-refractivity contribution in [2.45, 2.75) is 13.0 Å². The molecule has 168 valence electrons. The van der Waals surface area contributed by atoms with E-state index in [1.807, 2.05) is 0 Å². The van der Waals surface area contributed by atoms with Crippen LogP contribution in [-0.2, 0) is 0 Å². The fraction of sp³-hybridized carbons (Fsp3) is 0.125. The molecule has 2 N–H and O–H groups in total. The van der Waals surface area contributed by atoms with Gasteiger partial charge in [-0.25, -0.2) is 13.3 Å². The van der Waals surface area contributed by atoms with Crippen LogP contribution >= 0.6 is 12.2 Å². The van der Waals surface area contributed by atoms with E-state index >= 15 is 0 Å². The summed E-state index contributed by atoms with van der Waals surface area (Å²) in [5.41, 5.74) is 0.604. The Morgan fingerprint density at radius 1 is 1.12 bits per heavy atom. The summed E-state index contributed by atoms with van der Waals surface area (Å²) in [4.78, 5) is 28.7. The maximum absolute atomic E-state index is 14.2. The SMILES string of the molecule is COc1ccc(F)cc1C(C)NC(=O)c1ccc2c(=O)n(-c3ccccc3F)c(=S)[nH]c2c1. The average Bonchev–Trinajstić information content (AvgIpc) is 2.79. The molecule has 1 unspecified atom stereocenters. The van der Waals surface area contributed by atoms with Gasteiger partial charge >= 0.3 is 0 Å². The van der Waals surface area contributed by atoms with Crippen molar-refractivity contribution in [1.82, 2.24) is 14.9 Å². The van der Waals surface area contributed by atoms with Gasteiger partial charge in [0.2, 0.25) is 0 Å². The number of H-pyrrole nitrogens is 1. The van der Waals surface area contributed by atoms with Crippen LogP contribution in [0.5, 0.6) is 5.75 Å². The van der Waals surface area contributed by atoms with Crippen LogP contribution in [0, 0.1) is 16.4 Å². The first kappa shape index (κ1) is 22.3. The quantitative estimate of drug-likeness (QED) is 0.413. The Morgan fingerprint density at radius 3 is 2.61 bits per heavy atom. The first-order chi connectivity index (χ1) is 15.8. The molecule has 33 heavy (non-hydrogen) atoms. The summed E-state index contributed by atoms with van der Waals surface area (Å²) in [7, 11) is 1.46. The molecule has 0 saturated carbocycles. The third-order valence-electron chi connectivity index (χ3n) is 5.26. The van der Waals surface area contributed by atoms with E-state index in [0.29, 0.717) is 16.8 Å². The number of benzene rings is 3. The van der Waals surface area contributed by atoms with E-state index in [1.165, 1.54) is 61.7 Å². The van der Waals surface area contributed by atoms with Crippen molar-refractivity contribution in [3.63, 3.8) is 0 Å². The number of hydrogen-bond acceptors (Lipinski definition) is 4. The van der Waals surface area contributed by atoms with E-state index in [9.17, 15) is 18.4 Å². The number of carbonyl (C=O) groups is 1. The summed E-state index contributed by atoms with van der Waals surface area (Å²) >= 11 is 5.28. The lowest BCUT2D eigenvalue weighted by atomic mass is 10.1. The number of rotatable bonds is 5. The van der Waals surface area contributed by atoms with Crippen molar-refractivity contribution < 1.29 is 18.3 Å². The highest BCUT2D eigenvalue weighted by atomic mass is 32.1. The van der Waals surface area contributed by atoms with Crippen molar-refractivity contribution in [2.24, 2.45) is 0 Å². The molecule has 3 aromatic carbocycles. The predicted octanol–water partition coefficient (Wildman–Crippen LogP) is 4.83. The Hall–Kier alpha value is -3.85. The van der Waals surface area contributed by atoms with Crippen molar-refractivity contribution in [3.05, 3.63) is 98.5 Å². The van der Waals surface area contributed by atoms with Gasteiger partial charge in [-0.2, -0.15) is 0 Å². The number of aromatic amines is 1. The zero-order valence-electron chi connectivity index (χ0n) is 17.7. The molecule has 0 fully saturated rings. The molecule has 4 aromatic rings. The first-order valence-electron chi connectivity index (χ1n) is 9.98. The Bertz CT molecular complexity index is 1500. The van der Waals surface area contributed by atoms with Crippen LogP contribution in [0.4, 0.5) is 8.78 Å². The molecule has 4 rings (SSSR count). The van der Waals surface area contributed by atoms with E-state index in [0.717, 1.165) is 4.57 Å². The van der Waals surface area contributed by atoms with Crippen LogP contribution in [0.15, 0.2) is 65.5 Å². The van der Waals surface area contributed by atoms with Gasteiger partial charge in [0.1, 0.15) is 17.4 Å². The predicted molar refractivity (Wildman–Crippen MR) is 124 cm³/mol. The van der Waals surface area contributed by atoms with E-state index in [1.54, 1.807) is 13.0 Å². The van der Waals surface area contributed by atoms with Gasteiger partial charge < -0.3 is 15.0 Å². The third kappa shape index (κ3) is 4.27. The number of fused-ring (bicyclic) bond motifs is 1. The largest absolute Gasteiger partial charge is 0.496 e. The van der Waals surface area contributed by atoms with Crippen LogP contribution in [-0.4, -0.2) is 22.6 Å². The molecule has 9 heteroatoms. The number of para-hydroxylation sites is 1. The van der Waals surface area contributed by atoms with E-state index in [4.69, 9.17) is 17.0 Å². The van der Waals surface area contributed by atoms with E-state index < -0.39 is 29.1 Å². The second-order valence-corrected chi connectivity index (χ2v) is 7.75. The van der Waals surface area contributed by atoms with Crippen molar-refractivity contribution in [3.8, 4) is 11.4 Å². The molecule has 0 bridgehead atoms. The summed E-state index contributed by atoms with van der Waals surface area (Å²) in [6, 6.07) is 13.8. The molecule has 1 aromatic heterocycles. The summed E-state index contributed by atoms with van der Waals surface area (Å²) in [6.45, 7) is 1.71. The van der Waals surface area contributed by atoms with Gasteiger partial charge in [-0.1, -0.05) is 12.1 Å². The van der Waals surface area contributed by atoms with Gasteiger partial charge in [-0.3, -0.25) is 9.59 Å². The lowest BCUT2D eigenvalue weighted by Gasteiger charge is -2.17. The van der Waals surface area contributed by atoms with Crippen molar-refractivity contribution in [1.29, 1.82) is 0 Å². The molecule has 0 aliphatic carbocycles. The van der Waals surface area contributed by atoms with Gasteiger partial charge in [0, 0.05) is 11.1 Å². The fourth-order valence-corrected chi connectivity index (χ4v) is 3.90. The number of carbonyl (C=O) groups excluding carboxylic acids is 1. The molecule has 1 atom stereocenters. The highest BCUT2D eigenvalue weighted by molar-refractivity contribution is 7.71. The van der Waals surface area contributed by atoms with Gasteiger partial charge in [-0.15, -0.1) is 0 Å². The molecule has 6 nitrogen and oxygen atoms in total. The summed E-state index contributed by atoms with van der Waals surface area (Å²) in [6.07, 6.45) is 0. The minimum absolute atomic E-state index is 0.00646. The minimum Gasteiger partial charge on any atom is -0.496 e. The molecule has 0 aliphatic heterocycles. The highest BCUT2D eigenvalue weighted by Crippen LogP contribution is 2.26. The molecule has 0 spiro atoms. The van der Waals surface area contributed by atoms with Gasteiger partial charge in [0.25, 0.3) is 11.5 Å². The number of aromatic nitrogens is 2. The summed E-state index contributed by atoms with van der Waals surface area (Å²) in [5.74, 6) is -1.03. The molecular weight excluding hydrogens is 448 g/mol. The zero-order chi connectivity index (χ0) is 23.7. The highest BCUT2D eigenvalue weighted by Gasteiger charge is 2.18. The standard InChI is InChI=1S/C24H19F2N3O3S/c1-13(17-12-15(25)8-10-21(17)32-2)27-22(30)14-7-9-16-19(11-14)28-24(33)29(23(16)31)20-6-4-3-5-18(20)26/h3-13H,1-2H3,(H,27,30)(H,28,33). The monoisotopic (exact) mass is 467 g/mol. The Morgan fingerprint density at radius 2 is 1.88 bits per heavy atom. The van der Waals surface area contributed by atoms with Gasteiger partial charge in [0.15, 0.2) is 4.77 Å². The van der Waals surface area contributed by atoms with E-state index in [-0.39, 0.29) is 21.4 Å². The normalized spacial score (nSPS) is 11.9. The fourth-order valence-electron chi connectivity index (χ4n) is 3.61. The van der Waals surface area contributed by atoms with E-state index in [2.05, 4.69) is 10.3 Å². The number of nitrogens with one attached hydrogen (secondary N) is 2. The third-order valence-corrected chi connectivity index (χ3v) is 5.54. The number of methoxy groups -OCH3 is 1. The Kier molecular flexibility index (Phi) is 6.06. The lowest BCUT2D eigenvalue weighted by molar-refractivity contribution is 0.0939. The molecule has 1 heterocycles. The van der Waals surface area contributed by atoms with Crippen molar-refractivity contribution >= 4 is 29.0 Å². The Balaban J connectivity index is 1.69. The average molecular weight is 467 g/mol. The minimum atomic E-state index is -0.587. The van der Waals surface area contributed by atoms with Crippen LogP contribution in [0.25, 0.3) is 16.6 Å². The molecular formula is C24H19F2N3O3S. The Labute approximate surface area is 192 Å².